The third kappa shape index (κ3) is 1.50. The van der Waals surface area contributed by atoms with Crippen LogP contribution in [0.4, 0.5) is 0 Å². The Hall–Kier alpha value is -1.72. The minimum Gasteiger partial charge on any atom is -0.388 e. The fourth-order valence-corrected chi connectivity index (χ4v) is 1.74. The molecule has 0 unspecified atom stereocenters. The summed E-state index contributed by atoms with van der Waals surface area (Å²) < 4.78 is 10.4. The first-order valence-corrected chi connectivity index (χ1v) is 5.00. The summed E-state index contributed by atoms with van der Waals surface area (Å²) in [7, 11) is 0. The van der Waals surface area contributed by atoms with Gasteiger partial charge < -0.3 is 14.4 Å². The maximum Gasteiger partial charge on any atom is 0.258 e. The summed E-state index contributed by atoms with van der Waals surface area (Å²) in [6.45, 7) is 1.09. The molecule has 0 aliphatic carbocycles. The van der Waals surface area contributed by atoms with Gasteiger partial charge in [0.05, 0.1) is 13.2 Å². The minimum absolute atomic E-state index is 0.211. The number of aromatic nitrogens is 2. The summed E-state index contributed by atoms with van der Waals surface area (Å²) >= 11 is 0. The fraction of sp³-hybridized carbons (Fsp3) is 0.273. The van der Waals surface area contributed by atoms with Gasteiger partial charge in [-0.3, -0.25) is 0 Å². The van der Waals surface area contributed by atoms with Crippen LogP contribution in [-0.2, 0) is 24.6 Å². The van der Waals surface area contributed by atoms with E-state index in [0.29, 0.717) is 24.9 Å². The number of rotatable bonds is 2. The Morgan fingerprint density at radius 3 is 2.94 bits per heavy atom. The molecule has 82 valence electrons. The summed E-state index contributed by atoms with van der Waals surface area (Å²) in [5.41, 5.74) is 3.21. The van der Waals surface area contributed by atoms with E-state index in [-0.39, 0.29) is 6.61 Å². The van der Waals surface area contributed by atoms with Crippen molar-refractivity contribution in [3.63, 3.8) is 0 Å². The lowest BCUT2D eigenvalue weighted by atomic mass is 10.1. The van der Waals surface area contributed by atoms with Crippen molar-refractivity contribution in [3.05, 3.63) is 35.2 Å². The van der Waals surface area contributed by atoms with Crippen LogP contribution in [0.25, 0.3) is 11.5 Å². The highest BCUT2D eigenvalue weighted by Gasteiger charge is 2.14. The first-order valence-electron chi connectivity index (χ1n) is 5.00. The average Bonchev–Trinajstić information content (AvgIpc) is 2.96. The molecule has 3 rings (SSSR count). The molecule has 0 radical (unpaired) electrons. The number of nitrogens with zero attached hydrogens (tertiary/aromatic N) is 2. The summed E-state index contributed by atoms with van der Waals surface area (Å²) in [5.74, 6) is 0.727. The standard InChI is InChI=1S/C11H10N2O3/c14-4-10-12-11(16-13-10)7-1-2-8-5-15-6-9(8)3-7/h1-3,14H,4-6H2. The van der Waals surface area contributed by atoms with Gasteiger partial charge in [-0.25, -0.2) is 0 Å². The van der Waals surface area contributed by atoms with Crippen molar-refractivity contribution in [2.45, 2.75) is 19.8 Å². The first kappa shape index (κ1) is 9.50. The second-order valence-corrected chi connectivity index (χ2v) is 3.65. The minimum atomic E-state index is -0.211. The van der Waals surface area contributed by atoms with Crippen LogP contribution in [0.2, 0.25) is 0 Å². The Kier molecular flexibility index (Phi) is 2.19. The Morgan fingerprint density at radius 1 is 1.25 bits per heavy atom. The van der Waals surface area contributed by atoms with Crippen LogP contribution in [0.3, 0.4) is 0 Å². The fourth-order valence-electron chi connectivity index (χ4n) is 1.74. The zero-order valence-electron chi connectivity index (χ0n) is 8.51. The van der Waals surface area contributed by atoms with Crippen molar-refractivity contribution in [1.29, 1.82) is 0 Å². The average molecular weight is 218 g/mol. The molecule has 1 N–H and O–H groups in total. The van der Waals surface area contributed by atoms with E-state index < -0.39 is 0 Å². The summed E-state index contributed by atoms with van der Waals surface area (Å²) in [6, 6.07) is 5.90. The van der Waals surface area contributed by atoms with Gasteiger partial charge in [0, 0.05) is 5.56 Å². The van der Waals surface area contributed by atoms with Crippen molar-refractivity contribution in [1.82, 2.24) is 10.1 Å². The van der Waals surface area contributed by atoms with E-state index in [0.717, 1.165) is 11.1 Å². The predicted octanol–water partition coefficient (Wildman–Crippen LogP) is 1.26. The molecule has 0 saturated carbocycles. The van der Waals surface area contributed by atoms with Gasteiger partial charge in [0.15, 0.2) is 5.82 Å². The molecule has 2 heterocycles. The van der Waals surface area contributed by atoms with Crippen molar-refractivity contribution < 1.29 is 14.4 Å². The Bertz CT molecular complexity index is 522. The zero-order chi connectivity index (χ0) is 11.0. The molecule has 16 heavy (non-hydrogen) atoms. The topological polar surface area (TPSA) is 68.4 Å². The molecular formula is C11H10N2O3. The van der Waals surface area contributed by atoms with E-state index in [1.165, 1.54) is 5.56 Å². The van der Waals surface area contributed by atoms with Crippen LogP contribution in [0.1, 0.15) is 17.0 Å². The van der Waals surface area contributed by atoms with Crippen LogP contribution >= 0.6 is 0 Å². The highest BCUT2D eigenvalue weighted by molar-refractivity contribution is 5.56. The van der Waals surface area contributed by atoms with Crippen molar-refractivity contribution in [2.24, 2.45) is 0 Å². The highest BCUT2D eigenvalue weighted by atomic mass is 16.5. The van der Waals surface area contributed by atoms with Gasteiger partial charge in [0.25, 0.3) is 5.89 Å². The van der Waals surface area contributed by atoms with Gasteiger partial charge in [0.1, 0.15) is 6.61 Å². The van der Waals surface area contributed by atoms with Crippen molar-refractivity contribution in [3.8, 4) is 11.5 Å². The molecule has 0 atom stereocenters. The van der Waals surface area contributed by atoms with Crippen LogP contribution in [0.5, 0.6) is 0 Å². The summed E-state index contributed by atoms with van der Waals surface area (Å²) in [6.07, 6.45) is 0. The molecule has 0 saturated heterocycles. The van der Waals surface area contributed by atoms with Gasteiger partial charge in [-0.2, -0.15) is 4.98 Å². The maximum absolute atomic E-state index is 8.85. The number of fused-ring (bicyclic) bond motifs is 1. The van der Waals surface area contributed by atoms with Gasteiger partial charge in [-0.05, 0) is 23.3 Å². The van der Waals surface area contributed by atoms with Gasteiger partial charge >= 0.3 is 0 Å². The zero-order valence-corrected chi connectivity index (χ0v) is 8.51. The lowest BCUT2D eigenvalue weighted by Crippen LogP contribution is -1.86. The predicted molar refractivity (Wildman–Crippen MR) is 54.1 cm³/mol. The van der Waals surface area contributed by atoms with Crippen LogP contribution < -0.4 is 0 Å². The lowest BCUT2D eigenvalue weighted by Gasteiger charge is -1.98. The van der Waals surface area contributed by atoms with E-state index in [1.807, 2.05) is 18.2 Å². The molecule has 0 amide bonds. The van der Waals surface area contributed by atoms with Gasteiger partial charge in [0.2, 0.25) is 0 Å². The summed E-state index contributed by atoms with van der Waals surface area (Å²) in [4.78, 5) is 4.06. The quantitative estimate of drug-likeness (QED) is 0.821. The number of hydrogen-bond acceptors (Lipinski definition) is 5. The van der Waals surface area contributed by atoms with E-state index in [2.05, 4.69) is 10.1 Å². The van der Waals surface area contributed by atoms with Gasteiger partial charge in [-0.15, -0.1) is 0 Å². The number of aliphatic hydroxyl groups excluding tert-OH is 1. The first-order chi connectivity index (χ1) is 7.86. The SMILES string of the molecule is OCc1noc(-c2ccc3c(c2)COC3)n1. The molecule has 0 spiro atoms. The van der Waals surface area contributed by atoms with Crippen LogP contribution in [-0.4, -0.2) is 15.2 Å². The number of ether oxygens (including phenoxy) is 1. The molecular weight excluding hydrogens is 208 g/mol. The highest BCUT2D eigenvalue weighted by Crippen LogP contribution is 2.25. The molecule has 5 heteroatoms. The molecule has 5 nitrogen and oxygen atoms in total. The normalized spacial score (nSPS) is 14.1. The molecule has 1 aromatic carbocycles. The lowest BCUT2D eigenvalue weighted by molar-refractivity contribution is 0.134. The van der Waals surface area contributed by atoms with E-state index >= 15 is 0 Å². The maximum atomic E-state index is 8.85. The second-order valence-electron chi connectivity index (χ2n) is 3.65. The van der Waals surface area contributed by atoms with E-state index in [9.17, 15) is 0 Å². The Balaban J connectivity index is 2.00. The molecule has 1 aromatic heterocycles. The van der Waals surface area contributed by atoms with E-state index in [4.69, 9.17) is 14.4 Å². The molecule has 1 aliphatic rings. The van der Waals surface area contributed by atoms with Crippen molar-refractivity contribution in [2.75, 3.05) is 0 Å². The van der Waals surface area contributed by atoms with Gasteiger partial charge in [-0.1, -0.05) is 11.2 Å². The molecule has 0 fully saturated rings. The van der Waals surface area contributed by atoms with E-state index in [1.54, 1.807) is 0 Å². The third-order valence-corrected chi connectivity index (χ3v) is 2.58. The number of aliphatic hydroxyl groups is 1. The monoisotopic (exact) mass is 218 g/mol. The van der Waals surface area contributed by atoms with Crippen molar-refractivity contribution >= 4 is 0 Å². The molecule has 2 aromatic rings. The molecule has 0 bridgehead atoms. The Morgan fingerprint density at radius 2 is 2.12 bits per heavy atom. The van der Waals surface area contributed by atoms with Crippen LogP contribution in [0.15, 0.2) is 22.7 Å². The largest absolute Gasteiger partial charge is 0.388 e. The second kappa shape index (κ2) is 3.70. The third-order valence-electron chi connectivity index (χ3n) is 2.58. The summed E-state index contributed by atoms with van der Waals surface area (Å²) in [5, 5.41) is 12.5. The number of hydrogen-bond donors (Lipinski definition) is 1. The molecule has 1 aliphatic heterocycles. The smallest absolute Gasteiger partial charge is 0.258 e. The number of benzene rings is 1. The Labute approximate surface area is 91.7 Å². The van der Waals surface area contributed by atoms with Crippen LogP contribution in [0, 0.1) is 0 Å².